The first-order valence-electron chi connectivity index (χ1n) is 7.97. The maximum atomic E-state index is 12.9. The van der Waals surface area contributed by atoms with Gasteiger partial charge in [0.15, 0.2) is 0 Å². The Morgan fingerprint density at radius 2 is 2.08 bits per heavy atom. The lowest BCUT2D eigenvalue weighted by atomic mass is 9.95. The number of carbonyl (C=O) groups excluding carboxylic acids is 2. The Labute approximate surface area is 141 Å². The van der Waals surface area contributed by atoms with Gasteiger partial charge < -0.3 is 15.0 Å². The van der Waals surface area contributed by atoms with Crippen molar-refractivity contribution >= 4 is 17.9 Å². The lowest BCUT2D eigenvalue weighted by Crippen LogP contribution is -2.59. The van der Waals surface area contributed by atoms with E-state index >= 15 is 0 Å². The van der Waals surface area contributed by atoms with Crippen LogP contribution >= 0.6 is 0 Å². The van der Waals surface area contributed by atoms with E-state index in [-0.39, 0.29) is 30.7 Å². The molecule has 130 valence electrons. The van der Waals surface area contributed by atoms with Crippen LogP contribution in [0.2, 0.25) is 0 Å². The van der Waals surface area contributed by atoms with Crippen LogP contribution in [0.3, 0.4) is 0 Å². The lowest BCUT2D eigenvalue weighted by molar-refractivity contribution is -0.147. The fraction of sp³-hybridized carbons (Fsp3) is 0.444. The molecule has 1 aliphatic heterocycles. The zero-order valence-corrected chi connectivity index (χ0v) is 14.0. The van der Waals surface area contributed by atoms with Crippen molar-refractivity contribution in [2.75, 3.05) is 27.3 Å². The van der Waals surface area contributed by atoms with Crippen molar-refractivity contribution in [2.24, 2.45) is 0 Å². The molecule has 0 radical (unpaired) electrons. The van der Waals surface area contributed by atoms with Gasteiger partial charge in [0.2, 0.25) is 11.8 Å². The summed E-state index contributed by atoms with van der Waals surface area (Å²) < 4.78 is 18.1. The zero-order valence-electron chi connectivity index (χ0n) is 14.0. The highest BCUT2D eigenvalue weighted by Gasteiger charge is 2.48. The Kier molecular flexibility index (Phi) is 6.09. The summed E-state index contributed by atoms with van der Waals surface area (Å²) in [5.41, 5.74) is -0.107. The molecule has 0 saturated carbocycles. The molecule has 2 amide bonds. The van der Waals surface area contributed by atoms with Crippen LogP contribution in [0.15, 0.2) is 30.3 Å². The maximum absolute atomic E-state index is 12.9. The number of halogens is 1. The van der Waals surface area contributed by atoms with E-state index in [0.29, 0.717) is 13.0 Å². The van der Waals surface area contributed by atoms with Crippen molar-refractivity contribution in [2.45, 2.75) is 24.8 Å². The molecule has 1 fully saturated rings. The van der Waals surface area contributed by atoms with Crippen LogP contribution in [0.5, 0.6) is 0 Å². The summed E-state index contributed by atoms with van der Waals surface area (Å²) in [5, 5.41) is 2.64. The molecule has 0 aromatic heterocycles. The zero-order chi connectivity index (χ0) is 17.6. The second-order valence-corrected chi connectivity index (χ2v) is 5.85. The largest absolute Gasteiger partial charge is 0.382 e. The topological polar surface area (TPSA) is 58.6 Å². The van der Waals surface area contributed by atoms with Crippen molar-refractivity contribution in [3.05, 3.63) is 41.7 Å². The number of nitrogens with zero attached hydrogens (tertiary/aromatic N) is 1. The third-order valence-corrected chi connectivity index (χ3v) is 4.30. The maximum Gasteiger partial charge on any atom is 0.248 e. The summed E-state index contributed by atoms with van der Waals surface area (Å²) in [6, 6.07) is 6.03. The summed E-state index contributed by atoms with van der Waals surface area (Å²) in [4.78, 5) is 26.5. The number of methoxy groups -OCH3 is 1. The summed E-state index contributed by atoms with van der Waals surface area (Å²) in [5.74, 6) is -0.612. The molecular formula is C18H23FN2O3. The highest BCUT2D eigenvalue weighted by Crippen LogP contribution is 2.31. The van der Waals surface area contributed by atoms with Gasteiger partial charge in [-0.1, -0.05) is 24.3 Å². The number of benzene rings is 1. The fourth-order valence-corrected chi connectivity index (χ4v) is 3.15. The van der Waals surface area contributed by atoms with Gasteiger partial charge in [-0.3, -0.25) is 9.59 Å². The number of carbonyl (C=O) groups is 2. The third kappa shape index (κ3) is 3.82. The van der Waals surface area contributed by atoms with E-state index in [1.807, 2.05) is 0 Å². The molecule has 0 bridgehead atoms. The molecule has 1 aliphatic rings. The number of ether oxygens (including phenoxy) is 1. The van der Waals surface area contributed by atoms with Gasteiger partial charge in [-0.2, -0.15) is 0 Å². The molecule has 1 aromatic carbocycles. The quantitative estimate of drug-likeness (QED) is 0.865. The number of rotatable bonds is 6. The van der Waals surface area contributed by atoms with Gasteiger partial charge >= 0.3 is 0 Å². The minimum atomic E-state index is -0.926. The number of hydrogen-bond donors (Lipinski definition) is 1. The van der Waals surface area contributed by atoms with Crippen molar-refractivity contribution in [3.63, 3.8) is 0 Å². The van der Waals surface area contributed by atoms with Crippen molar-refractivity contribution in [1.82, 2.24) is 10.2 Å². The van der Waals surface area contributed by atoms with Gasteiger partial charge in [0, 0.05) is 27.1 Å². The van der Waals surface area contributed by atoms with E-state index in [4.69, 9.17) is 4.74 Å². The first-order chi connectivity index (χ1) is 11.5. The SMILES string of the molecule is CNC(=O)C1(COC)CCCN1C(=O)C/C=C/c1ccc(F)cc1. The molecule has 6 heteroatoms. The third-order valence-electron chi connectivity index (χ3n) is 4.30. The first kappa shape index (κ1) is 18.1. The average Bonchev–Trinajstić information content (AvgIpc) is 3.01. The summed E-state index contributed by atoms with van der Waals surface area (Å²) >= 11 is 0. The summed E-state index contributed by atoms with van der Waals surface area (Å²) in [6.07, 6.45) is 5.04. The van der Waals surface area contributed by atoms with E-state index < -0.39 is 5.54 Å². The smallest absolute Gasteiger partial charge is 0.248 e. The van der Waals surface area contributed by atoms with Crippen LogP contribution in [0.1, 0.15) is 24.8 Å². The number of hydrogen-bond acceptors (Lipinski definition) is 3. The van der Waals surface area contributed by atoms with Crippen LogP contribution in [0.25, 0.3) is 6.08 Å². The van der Waals surface area contributed by atoms with Crippen LogP contribution in [0, 0.1) is 5.82 Å². The Balaban J connectivity index is 2.06. The minimum Gasteiger partial charge on any atom is -0.382 e. The second-order valence-electron chi connectivity index (χ2n) is 5.85. The van der Waals surface area contributed by atoms with E-state index in [1.165, 1.54) is 19.2 Å². The van der Waals surface area contributed by atoms with Gasteiger partial charge in [0.25, 0.3) is 0 Å². The molecule has 0 aliphatic carbocycles. The number of nitrogens with one attached hydrogen (secondary N) is 1. The van der Waals surface area contributed by atoms with Crippen molar-refractivity contribution in [1.29, 1.82) is 0 Å². The molecule has 1 aromatic rings. The van der Waals surface area contributed by atoms with Crippen LogP contribution in [-0.4, -0.2) is 49.6 Å². The predicted octanol–water partition coefficient (Wildman–Crippen LogP) is 1.98. The molecule has 1 unspecified atom stereocenters. The molecular weight excluding hydrogens is 311 g/mol. The normalized spacial score (nSPS) is 20.5. The van der Waals surface area contributed by atoms with E-state index in [0.717, 1.165) is 12.0 Å². The minimum absolute atomic E-state index is 0.119. The Morgan fingerprint density at radius 3 is 2.71 bits per heavy atom. The molecule has 0 spiro atoms. The monoisotopic (exact) mass is 334 g/mol. The van der Waals surface area contributed by atoms with Gasteiger partial charge in [-0.05, 0) is 30.5 Å². The molecule has 5 nitrogen and oxygen atoms in total. The van der Waals surface area contributed by atoms with E-state index in [2.05, 4.69) is 5.32 Å². The fourth-order valence-electron chi connectivity index (χ4n) is 3.15. The van der Waals surface area contributed by atoms with Crippen LogP contribution in [0.4, 0.5) is 4.39 Å². The van der Waals surface area contributed by atoms with Gasteiger partial charge in [0.05, 0.1) is 6.61 Å². The molecule has 1 heterocycles. The lowest BCUT2D eigenvalue weighted by Gasteiger charge is -2.36. The summed E-state index contributed by atoms with van der Waals surface area (Å²) in [6.45, 7) is 0.722. The highest BCUT2D eigenvalue weighted by molar-refractivity contribution is 5.92. The number of likely N-dealkylation sites (N-methyl/N-ethyl adjacent to an activating group) is 1. The first-order valence-corrected chi connectivity index (χ1v) is 7.97. The standard InChI is InChI=1S/C18H23FN2O3/c1-20-17(23)18(13-24-2)11-4-12-21(18)16(22)6-3-5-14-7-9-15(19)10-8-14/h3,5,7-10H,4,6,11-13H2,1-2H3,(H,20,23)/b5-3+. The van der Waals surface area contributed by atoms with Crippen LogP contribution < -0.4 is 5.32 Å². The van der Waals surface area contributed by atoms with Crippen LogP contribution in [-0.2, 0) is 14.3 Å². The van der Waals surface area contributed by atoms with Gasteiger partial charge in [-0.25, -0.2) is 4.39 Å². The molecule has 24 heavy (non-hydrogen) atoms. The average molecular weight is 334 g/mol. The van der Waals surface area contributed by atoms with Crippen molar-refractivity contribution in [3.8, 4) is 0 Å². The Bertz CT molecular complexity index is 615. The van der Waals surface area contributed by atoms with E-state index in [1.54, 1.807) is 36.2 Å². The number of likely N-dealkylation sites (tertiary alicyclic amines) is 1. The Morgan fingerprint density at radius 1 is 1.38 bits per heavy atom. The van der Waals surface area contributed by atoms with Gasteiger partial charge in [0.1, 0.15) is 11.4 Å². The van der Waals surface area contributed by atoms with Gasteiger partial charge in [-0.15, -0.1) is 0 Å². The Hall–Kier alpha value is -2.21. The van der Waals surface area contributed by atoms with E-state index in [9.17, 15) is 14.0 Å². The molecule has 2 rings (SSSR count). The summed E-state index contributed by atoms with van der Waals surface area (Å²) in [7, 11) is 3.09. The number of amides is 2. The predicted molar refractivity (Wildman–Crippen MR) is 89.7 cm³/mol. The molecule has 1 atom stereocenters. The molecule has 1 saturated heterocycles. The molecule has 1 N–H and O–H groups in total. The van der Waals surface area contributed by atoms with Crippen molar-refractivity contribution < 1.29 is 18.7 Å². The second kappa shape index (κ2) is 8.06. The highest BCUT2D eigenvalue weighted by atomic mass is 19.1.